The largest absolute Gasteiger partial charge is 0.312 e. The standard InChI is InChI=1S/C18H19NOS/c20-18(12-14-21-16-9-2-1-3-10-16)19-13-6-8-15-7-4-5-11-17(15)19/h1-5,7,9-11H,6,8,12-14H2. The van der Waals surface area contributed by atoms with Crippen LogP contribution >= 0.6 is 11.8 Å². The Hall–Kier alpha value is -1.74. The first-order chi connectivity index (χ1) is 10.3. The van der Waals surface area contributed by atoms with Crippen molar-refractivity contribution in [3.63, 3.8) is 0 Å². The van der Waals surface area contributed by atoms with E-state index in [0.717, 1.165) is 30.8 Å². The summed E-state index contributed by atoms with van der Waals surface area (Å²) in [6, 6.07) is 18.5. The van der Waals surface area contributed by atoms with Gasteiger partial charge in [0.25, 0.3) is 0 Å². The summed E-state index contributed by atoms with van der Waals surface area (Å²) in [5.41, 5.74) is 2.41. The Morgan fingerprint density at radius 3 is 2.67 bits per heavy atom. The number of amides is 1. The van der Waals surface area contributed by atoms with Gasteiger partial charge in [-0.1, -0.05) is 36.4 Å². The average Bonchev–Trinajstić information content (AvgIpc) is 2.55. The third-order valence-corrected chi connectivity index (χ3v) is 4.75. The molecular formula is C18H19NOS. The topological polar surface area (TPSA) is 20.3 Å². The molecular weight excluding hydrogens is 278 g/mol. The minimum Gasteiger partial charge on any atom is -0.312 e. The highest BCUT2D eigenvalue weighted by molar-refractivity contribution is 7.99. The van der Waals surface area contributed by atoms with Crippen molar-refractivity contribution in [2.45, 2.75) is 24.2 Å². The molecule has 0 spiro atoms. The number of hydrogen-bond acceptors (Lipinski definition) is 2. The zero-order valence-electron chi connectivity index (χ0n) is 12.0. The van der Waals surface area contributed by atoms with Crippen LogP contribution in [0.25, 0.3) is 0 Å². The van der Waals surface area contributed by atoms with Gasteiger partial charge in [-0.05, 0) is 36.6 Å². The van der Waals surface area contributed by atoms with E-state index < -0.39 is 0 Å². The monoisotopic (exact) mass is 297 g/mol. The molecule has 0 saturated carbocycles. The smallest absolute Gasteiger partial charge is 0.227 e. The second-order valence-electron chi connectivity index (χ2n) is 5.19. The fourth-order valence-electron chi connectivity index (χ4n) is 2.70. The van der Waals surface area contributed by atoms with E-state index in [0.29, 0.717) is 6.42 Å². The summed E-state index contributed by atoms with van der Waals surface area (Å²) in [6.45, 7) is 0.853. The second kappa shape index (κ2) is 6.81. The molecule has 1 heterocycles. The van der Waals surface area contributed by atoms with Gasteiger partial charge in [0.1, 0.15) is 0 Å². The highest BCUT2D eigenvalue weighted by Gasteiger charge is 2.21. The van der Waals surface area contributed by atoms with E-state index in [2.05, 4.69) is 30.3 Å². The SMILES string of the molecule is O=C(CCSc1ccccc1)N1CCCc2ccccc21. The first kappa shape index (κ1) is 14.2. The van der Waals surface area contributed by atoms with Crippen molar-refractivity contribution in [3.05, 3.63) is 60.2 Å². The first-order valence-electron chi connectivity index (χ1n) is 7.41. The number of carbonyl (C=O) groups is 1. The Morgan fingerprint density at radius 2 is 1.81 bits per heavy atom. The van der Waals surface area contributed by atoms with Gasteiger partial charge in [0.15, 0.2) is 0 Å². The van der Waals surface area contributed by atoms with E-state index in [-0.39, 0.29) is 5.91 Å². The van der Waals surface area contributed by atoms with Crippen LogP contribution in [0.3, 0.4) is 0 Å². The molecule has 0 fully saturated rings. The molecule has 1 amide bonds. The van der Waals surface area contributed by atoms with Gasteiger partial charge < -0.3 is 4.90 Å². The van der Waals surface area contributed by atoms with Crippen LogP contribution in [0, 0.1) is 0 Å². The molecule has 0 saturated heterocycles. The zero-order chi connectivity index (χ0) is 14.5. The Balaban J connectivity index is 1.59. The van der Waals surface area contributed by atoms with Gasteiger partial charge in [0, 0.05) is 29.3 Å². The fraction of sp³-hybridized carbons (Fsp3) is 0.278. The lowest BCUT2D eigenvalue weighted by Gasteiger charge is -2.29. The quantitative estimate of drug-likeness (QED) is 0.790. The number of benzene rings is 2. The van der Waals surface area contributed by atoms with Crippen LogP contribution in [-0.2, 0) is 11.2 Å². The number of rotatable bonds is 4. The van der Waals surface area contributed by atoms with E-state index in [1.807, 2.05) is 29.2 Å². The molecule has 0 bridgehead atoms. The molecule has 1 aliphatic heterocycles. The minimum absolute atomic E-state index is 0.241. The molecule has 3 heteroatoms. The Morgan fingerprint density at radius 1 is 1.05 bits per heavy atom. The molecule has 2 aromatic rings. The van der Waals surface area contributed by atoms with Crippen molar-refractivity contribution in [3.8, 4) is 0 Å². The molecule has 0 atom stereocenters. The number of fused-ring (bicyclic) bond motifs is 1. The van der Waals surface area contributed by atoms with Gasteiger partial charge in [-0.3, -0.25) is 4.79 Å². The van der Waals surface area contributed by atoms with Crippen LogP contribution < -0.4 is 4.90 Å². The van der Waals surface area contributed by atoms with E-state index in [1.165, 1.54) is 10.5 Å². The molecule has 0 aliphatic carbocycles. The van der Waals surface area contributed by atoms with Gasteiger partial charge in [-0.2, -0.15) is 0 Å². The fourth-order valence-corrected chi connectivity index (χ4v) is 3.56. The number of hydrogen-bond donors (Lipinski definition) is 0. The van der Waals surface area contributed by atoms with Crippen molar-refractivity contribution in [1.82, 2.24) is 0 Å². The summed E-state index contributed by atoms with van der Waals surface area (Å²) in [6.07, 6.45) is 2.74. The van der Waals surface area contributed by atoms with Gasteiger partial charge in [0.2, 0.25) is 5.91 Å². The molecule has 0 aromatic heterocycles. The number of nitrogens with zero attached hydrogens (tertiary/aromatic N) is 1. The Kier molecular flexibility index (Phi) is 4.61. The third-order valence-electron chi connectivity index (χ3n) is 3.74. The van der Waals surface area contributed by atoms with Crippen LogP contribution in [0.1, 0.15) is 18.4 Å². The highest BCUT2D eigenvalue weighted by atomic mass is 32.2. The van der Waals surface area contributed by atoms with Crippen molar-refractivity contribution < 1.29 is 4.79 Å². The molecule has 108 valence electrons. The molecule has 21 heavy (non-hydrogen) atoms. The normalized spacial score (nSPS) is 13.8. The summed E-state index contributed by atoms with van der Waals surface area (Å²) >= 11 is 1.75. The van der Waals surface area contributed by atoms with Crippen LogP contribution in [0.4, 0.5) is 5.69 Å². The lowest BCUT2D eigenvalue weighted by Crippen LogP contribution is -2.35. The minimum atomic E-state index is 0.241. The molecule has 0 unspecified atom stereocenters. The number of para-hydroxylation sites is 1. The molecule has 0 N–H and O–H groups in total. The van der Waals surface area contributed by atoms with Crippen LogP contribution in [-0.4, -0.2) is 18.2 Å². The van der Waals surface area contributed by atoms with Crippen molar-refractivity contribution >= 4 is 23.4 Å². The third kappa shape index (κ3) is 3.48. The zero-order valence-corrected chi connectivity index (χ0v) is 12.8. The summed E-state index contributed by atoms with van der Waals surface area (Å²) in [5, 5.41) is 0. The summed E-state index contributed by atoms with van der Waals surface area (Å²) in [4.78, 5) is 15.7. The number of aryl methyl sites for hydroxylation is 1. The maximum Gasteiger partial charge on any atom is 0.227 e. The molecule has 1 aliphatic rings. The van der Waals surface area contributed by atoms with Crippen LogP contribution in [0.2, 0.25) is 0 Å². The van der Waals surface area contributed by atoms with Crippen LogP contribution in [0.15, 0.2) is 59.5 Å². The van der Waals surface area contributed by atoms with Gasteiger partial charge in [-0.15, -0.1) is 11.8 Å². The Labute approximate surface area is 130 Å². The van der Waals surface area contributed by atoms with E-state index in [9.17, 15) is 4.79 Å². The lowest BCUT2D eigenvalue weighted by molar-refractivity contribution is -0.118. The number of carbonyl (C=O) groups excluding carboxylic acids is 1. The molecule has 0 radical (unpaired) electrons. The lowest BCUT2D eigenvalue weighted by atomic mass is 10.0. The first-order valence-corrected chi connectivity index (χ1v) is 8.39. The number of anilines is 1. The van der Waals surface area contributed by atoms with Crippen molar-refractivity contribution in [2.24, 2.45) is 0 Å². The molecule has 2 aromatic carbocycles. The maximum atomic E-state index is 12.5. The number of thioether (sulfide) groups is 1. The Bertz CT molecular complexity index is 612. The molecule has 3 rings (SSSR count). The molecule has 2 nitrogen and oxygen atoms in total. The second-order valence-corrected chi connectivity index (χ2v) is 6.36. The van der Waals surface area contributed by atoms with Crippen molar-refractivity contribution in [2.75, 3.05) is 17.2 Å². The highest BCUT2D eigenvalue weighted by Crippen LogP contribution is 2.27. The van der Waals surface area contributed by atoms with Gasteiger partial charge in [-0.25, -0.2) is 0 Å². The van der Waals surface area contributed by atoms with Gasteiger partial charge in [0.05, 0.1) is 0 Å². The van der Waals surface area contributed by atoms with E-state index in [1.54, 1.807) is 11.8 Å². The predicted octanol–water partition coefficient (Wildman–Crippen LogP) is 4.15. The van der Waals surface area contributed by atoms with Crippen LogP contribution in [0.5, 0.6) is 0 Å². The summed E-state index contributed by atoms with van der Waals surface area (Å²) in [7, 11) is 0. The van der Waals surface area contributed by atoms with Gasteiger partial charge >= 0.3 is 0 Å². The summed E-state index contributed by atoms with van der Waals surface area (Å²) < 4.78 is 0. The van der Waals surface area contributed by atoms with E-state index in [4.69, 9.17) is 0 Å². The average molecular weight is 297 g/mol. The maximum absolute atomic E-state index is 12.5. The predicted molar refractivity (Wildman–Crippen MR) is 88.9 cm³/mol. The van der Waals surface area contributed by atoms with Crippen molar-refractivity contribution in [1.29, 1.82) is 0 Å². The summed E-state index contributed by atoms with van der Waals surface area (Å²) in [5.74, 6) is 1.08. The van der Waals surface area contributed by atoms with E-state index >= 15 is 0 Å².